The molecule has 3 aromatic rings. The molecule has 0 aliphatic rings. The molecule has 0 bridgehead atoms. The zero-order valence-corrected chi connectivity index (χ0v) is 10.1. The van der Waals surface area contributed by atoms with Crippen LogP contribution in [-0.4, -0.2) is 15.8 Å². The number of hydrogen-bond donors (Lipinski definition) is 0. The predicted molar refractivity (Wildman–Crippen MR) is 71.5 cm³/mol. The number of pyridine rings is 1. The first-order valence-electron chi connectivity index (χ1n) is 5.47. The van der Waals surface area contributed by atoms with E-state index in [1.807, 2.05) is 36.5 Å². The Morgan fingerprint density at radius 1 is 1.17 bits per heavy atom. The highest BCUT2D eigenvalue weighted by Gasteiger charge is 2.09. The van der Waals surface area contributed by atoms with E-state index in [0.717, 1.165) is 22.9 Å². The van der Waals surface area contributed by atoms with Gasteiger partial charge in [0.05, 0.1) is 21.9 Å². The molecule has 1 aromatic carbocycles. The van der Waals surface area contributed by atoms with Crippen LogP contribution in [0.25, 0.3) is 16.6 Å². The van der Waals surface area contributed by atoms with Crippen LogP contribution in [0.3, 0.4) is 0 Å². The Kier molecular flexibility index (Phi) is 2.61. The number of benzene rings is 1. The summed E-state index contributed by atoms with van der Waals surface area (Å²) in [5.41, 5.74) is 2.22. The van der Waals surface area contributed by atoms with Crippen molar-refractivity contribution in [2.75, 3.05) is 0 Å². The van der Waals surface area contributed by atoms with E-state index in [1.54, 1.807) is 16.8 Å². The molecule has 3 nitrogen and oxygen atoms in total. The molecule has 0 atom stereocenters. The molecular weight excluding hydrogens is 248 g/mol. The lowest BCUT2D eigenvalue weighted by Crippen LogP contribution is -1.99. The molecule has 0 amide bonds. The van der Waals surface area contributed by atoms with Crippen molar-refractivity contribution in [3.63, 3.8) is 0 Å². The van der Waals surface area contributed by atoms with Crippen molar-refractivity contribution in [1.82, 2.24) is 9.55 Å². The number of aromatic nitrogens is 2. The van der Waals surface area contributed by atoms with Gasteiger partial charge in [-0.2, -0.15) is 0 Å². The van der Waals surface area contributed by atoms with Crippen molar-refractivity contribution < 1.29 is 4.79 Å². The third-order valence-electron chi connectivity index (χ3n) is 2.86. The number of aldehydes is 1. The van der Waals surface area contributed by atoms with Crippen LogP contribution < -0.4 is 0 Å². The Labute approximate surface area is 109 Å². The minimum absolute atomic E-state index is 0.587. The molecule has 88 valence electrons. The van der Waals surface area contributed by atoms with Crippen LogP contribution in [0.4, 0.5) is 0 Å². The van der Waals surface area contributed by atoms with Crippen molar-refractivity contribution in [3.05, 3.63) is 59.5 Å². The third-order valence-corrected chi connectivity index (χ3v) is 3.19. The molecule has 0 saturated heterocycles. The predicted octanol–water partition coefficient (Wildman–Crippen LogP) is 3.49. The molecule has 4 heteroatoms. The molecule has 2 aromatic heterocycles. The number of fused-ring (bicyclic) bond motifs is 1. The lowest BCUT2D eigenvalue weighted by Gasteiger charge is -2.09. The monoisotopic (exact) mass is 256 g/mol. The molecule has 0 aliphatic carbocycles. The average molecular weight is 257 g/mol. The Balaban J connectivity index is 2.37. The molecule has 2 heterocycles. The van der Waals surface area contributed by atoms with E-state index in [-0.39, 0.29) is 0 Å². The maximum atomic E-state index is 11.0. The van der Waals surface area contributed by atoms with E-state index in [4.69, 9.17) is 11.6 Å². The van der Waals surface area contributed by atoms with Crippen LogP contribution in [-0.2, 0) is 0 Å². The number of halogens is 1. The first kappa shape index (κ1) is 11.0. The summed E-state index contributed by atoms with van der Waals surface area (Å²) in [6.45, 7) is 0. The van der Waals surface area contributed by atoms with Crippen molar-refractivity contribution in [2.24, 2.45) is 0 Å². The summed E-state index contributed by atoms with van der Waals surface area (Å²) in [7, 11) is 0. The van der Waals surface area contributed by atoms with Crippen LogP contribution >= 0.6 is 11.6 Å². The van der Waals surface area contributed by atoms with Crippen LogP contribution in [0.15, 0.2) is 48.8 Å². The maximum absolute atomic E-state index is 11.0. The largest absolute Gasteiger partial charge is 0.312 e. The van der Waals surface area contributed by atoms with Crippen LogP contribution in [0.2, 0.25) is 5.02 Å². The van der Waals surface area contributed by atoms with Gasteiger partial charge in [0, 0.05) is 17.8 Å². The zero-order chi connectivity index (χ0) is 12.5. The fraction of sp³-hybridized carbons (Fsp3) is 0. The van der Waals surface area contributed by atoms with Gasteiger partial charge in [-0.3, -0.25) is 9.78 Å². The fourth-order valence-electron chi connectivity index (χ4n) is 2.03. The topological polar surface area (TPSA) is 34.9 Å². The zero-order valence-electron chi connectivity index (χ0n) is 9.38. The van der Waals surface area contributed by atoms with Crippen molar-refractivity contribution >= 4 is 28.8 Å². The SMILES string of the molecule is O=Cc1cccn1-c1ccc(Cl)c2cccnc12. The molecular formula is C14H9ClN2O. The molecule has 0 N–H and O–H groups in total. The number of carbonyl (C=O) groups is 1. The van der Waals surface area contributed by atoms with Gasteiger partial charge in [-0.1, -0.05) is 11.6 Å². The third kappa shape index (κ3) is 1.60. The summed E-state index contributed by atoms with van der Waals surface area (Å²) in [6.07, 6.45) is 4.37. The number of rotatable bonds is 2. The first-order chi connectivity index (χ1) is 8.81. The van der Waals surface area contributed by atoms with Gasteiger partial charge in [0.25, 0.3) is 0 Å². The average Bonchev–Trinajstić information content (AvgIpc) is 2.88. The van der Waals surface area contributed by atoms with Gasteiger partial charge in [-0.05, 0) is 36.4 Å². The summed E-state index contributed by atoms with van der Waals surface area (Å²) in [6, 6.07) is 11.0. The van der Waals surface area contributed by atoms with E-state index in [1.165, 1.54) is 0 Å². The Bertz CT molecular complexity index is 733. The van der Waals surface area contributed by atoms with Crippen LogP contribution in [0.5, 0.6) is 0 Å². The molecule has 0 radical (unpaired) electrons. The highest BCUT2D eigenvalue weighted by Crippen LogP contribution is 2.27. The molecule has 0 spiro atoms. The van der Waals surface area contributed by atoms with Gasteiger partial charge in [0.15, 0.2) is 6.29 Å². The lowest BCUT2D eigenvalue weighted by molar-refractivity contribution is 0.111. The molecule has 3 rings (SSSR count). The summed E-state index contributed by atoms with van der Waals surface area (Å²) < 4.78 is 1.80. The van der Waals surface area contributed by atoms with Gasteiger partial charge < -0.3 is 4.57 Å². The van der Waals surface area contributed by atoms with E-state index in [9.17, 15) is 4.79 Å². The van der Waals surface area contributed by atoms with Crippen molar-refractivity contribution in [1.29, 1.82) is 0 Å². The second-order valence-corrected chi connectivity index (χ2v) is 4.29. The normalized spacial score (nSPS) is 10.7. The Morgan fingerprint density at radius 3 is 2.89 bits per heavy atom. The summed E-state index contributed by atoms with van der Waals surface area (Å²) in [5.74, 6) is 0. The first-order valence-corrected chi connectivity index (χ1v) is 5.85. The minimum atomic E-state index is 0.587. The summed E-state index contributed by atoms with van der Waals surface area (Å²) >= 11 is 6.15. The van der Waals surface area contributed by atoms with Crippen molar-refractivity contribution in [2.45, 2.75) is 0 Å². The van der Waals surface area contributed by atoms with Gasteiger partial charge in [-0.25, -0.2) is 0 Å². The molecule has 0 unspecified atom stereocenters. The van der Waals surface area contributed by atoms with Crippen LogP contribution in [0.1, 0.15) is 10.5 Å². The maximum Gasteiger partial charge on any atom is 0.166 e. The van der Waals surface area contributed by atoms with Gasteiger partial charge >= 0.3 is 0 Å². The standard InChI is InChI=1S/C14H9ClN2O/c15-12-5-6-13(14-11(12)4-1-7-16-14)17-8-2-3-10(17)9-18/h1-9H. The van der Waals surface area contributed by atoms with Crippen LogP contribution in [0, 0.1) is 0 Å². The highest BCUT2D eigenvalue weighted by molar-refractivity contribution is 6.35. The number of carbonyl (C=O) groups excluding carboxylic acids is 1. The molecule has 18 heavy (non-hydrogen) atoms. The van der Waals surface area contributed by atoms with Crippen molar-refractivity contribution in [3.8, 4) is 5.69 Å². The number of hydrogen-bond acceptors (Lipinski definition) is 2. The molecule has 0 aliphatic heterocycles. The Morgan fingerprint density at radius 2 is 2.06 bits per heavy atom. The number of nitrogens with zero attached hydrogens (tertiary/aromatic N) is 2. The van der Waals surface area contributed by atoms with Gasteiger partial charge in [0.2, 0.25) is 0 Å². The Hall–Kier alpha value is -2.13. The summed E-state index contributed by atoms with van der Waals surface area (Å²) in [4.78, 5) is 15.3. The van der Waals surface area contributed by atoms with E-state index in [2.05, 4.69) is 4.98 Å². The van der Waals surface area contributed by atoms with E-state index in [0.29, 0.717) is 10.7 Å². The minimum Gasteiger partial charge on any atom is -0.312 e. The summed E-state index contributed by atoms with van der Waals surface area (Å²) in [5, 5.41) is 1.53. The van der Waals surface area contributed by atoms with Gasteiger partial charge in [-0.15, -0.1) is 0 Å². The second kappa shape index (κ2) is 4.27. The van der Waals surface area contributed by atoms with Gasteiger partial charge in [0.1, 0.15) is 0 Å². The fourth-order valence-corrected chi connectivity index (χ4v) is 2.24. The lowest BCUT2D eigenvalue weighted by atomic mass is 10.2. The highest BCUT2D eigenvalue weighted by atomic mass is 35.5. The van der Waals surface area contributed by atoms with E-state index >= 15 is 0 Å². The second-order valence-electron chi connectivity index (χ2n) is 3.89. The van der Waals surface area contributed by atoms with E-state index < -0.39 is 0 Å². The quantitative estimate of drug-likeness (QED) is 0.658. The smallest absolute Gasteiger partial charge is 0.166 e. The molecule has 0 saturated carbocycles. The molecule has 0 fully saturated rings.